The second-order valence-corrected chi connectivity index (χ2v) is 8.77. The predicted octanol–water partition coefficient (Wildman–Crippen LogP) is 4.28. The van der Waals surface area contributed by atoms with Crippen LogP contribution in [0.15, 0.2) is 35.2 Å². The standard InChI is InChI=1S/C17H16F3N3O4S2/c1-9-15(8-14(28-9)12-7-16(22-21-12)17(18,19)20)29(24,25)23-11-5-4-10(26-2)6-13(11)27-3/h4-8,23H,1-3H3,(H,21,22). The first-order valence-corrected chi connectivity index (χ1v) is 10.3. The Kier molecular flexibility index (Phi) is 5.50. The van der Waals surface area contributed by atoms with Gasteiger partial charge in [-0.25, -0.2) is 8.42 Å². The van der Waals surface area contributed by atoms with E-state index >= 15 is 0 Å². The molecule has 0 aliphatic carbocycles. The van der Waals surface area contributed by atoms with Crippen molar-refractivity contribution >= 4 is 27.0 Å². The number of nitrogens with one attached hydrogen (secondary N) is 2. The zero-order valence-corrected chi connectivity index (χ0v) is 17.1. The average molecular weight is 447 g/mol. The molecule has 0 atom stereocenters. The largest absolute Gasteiger partial charge is 0.497 e. The van der Waals surface area contributed by atoms with Gasteiger partial charge in [0.05, 0.1) is 24.8 Å². The summed E-state index contributed by atoms with van der Waals surface area (Å²) in [4.78, 5) is 0.625. The Morgan fingerprint density at radius 3 is 2.45 bits per heavy atom. The third-order valence-corrected chi connectivity index (χ3v) is 6.64. The fraction of sp³-hybridized carbons (Fsp3) is 0.235. The number of halogens is 3. The number of thiophene rings is 1. The number of anilines is 1. The maximum atomic E-state index is 12.9. The number of sulfonamides is 1. The number of aromatic amines is 1. The molecule has 3 aromatic rings. The van der Waals surface area contributed by atoms with Gasteiger partial charge in [-0.05, 0) is 31.2 Å². The van der Waals surface area contributed by atoms with Crippen LogP contribution in [0.3, 0.4) is 0 Å². The first-order valence-electron chi connectivity index (χ1n) is 8.03. The average Bonchev–Trinajstić information content (AvgIpc) is 3.28. The van der Waals surface area contributed by atoms with Crippen LogP contribution in [0, 0.1) is 6.92 Å². The smallest absolute Gasteiger partial charge is 0.432 e. The second-order valence-electron chi connectivity index (χ2n) is 5.87. The summed E-state index contributed by atoms with van der Waals surface area (Å²) in [6.45, 7) is 1.56. The van der Waals surface area contributed by atoms with Crippen molar-refractivity contribution in [2.75, 3.05) is 18.9 Å². The number of methoxy groups -OCH3 is 2. The number of hydrogen-bond acceptors (Lipinski definition) is 6. The Morgan fingerprint density at radius 2 is 1.86 bits per heavy atom. The van der Waals surface area contributed by atoms with Crippen LogP contribution in [0.25, 0.3) is 10.6 Å². The SMILES string of the molecule is COc1ccc(NS(=O)(=O)c2cc(-c3cc(C(F)(F)F)[nH]n3)sc2C)c(OC)c1. The van der Waals surface area contributed by atoms with Crippen LogP contribution in [0.4, 0.5) is 18.9 Å². The molecule has 2 heterocycles. The van der Waals surface area contributed by atoms with Crippen molar-refractivity contribution in [2.24, 2.45) is 0 Å². The molecule has 0 spiro atoms. The van der Waals surface area contributed by atoms with Crippen LogP contribution >= 0.6 is 11.3 Å². The van der Waals surface area contributed by atoms with Crippen LogP contribution in [-0.4, -0.2) is 32.8 Å². The number of hydrogen-bond donors (Lipinski definition) is 2. The minimum atomic E-state index is -4.57. The number of benzene rings is 1. The molecule has 7 nitrogen and oxygen atoms in total. The molecule has 2 N–H and O–H groups in total. The van der Waals surface area contributed by atoms with Crippen LogP contribution < -0.4 is 14.2 Å². The van der Waals surface area contributed by atoms with Crippen LogP contribution in [0.2, 0.25) is 0 Å². The van der Waals surface area contributed by atoms with E-state index < -0.39 is 21.9 Å². The third kappa shape index (κ3) is 4.32. The summed E-state index contributed by atoms with van der Waals surface area (Å²) in [6.07, 6.45) is -4.57. The molecule has 29 heavy (non-hydrogen) atoms. The number of ether oxygens (including phenoxy) is 2. The van der Waals surface area contributed by atoms with Crippen molar-refractivity contribution in [3.8, 4) is 22.1 Å². The molecule has 0 unspecified atom stereocenters. The minimum Gasteiger partial charge on any atom is -0.497 e. The summed E-state index contributed by atoms with van der Waals surface area (Å²) in [7, 11) is -1.17. The predicted molar refractivity (Wildman–Crippen MR) is 102 cm³/mol. The van der Waals surface area contributed by atoms with Gasteiger partial charge in [-0.1, -0.05) is 0 Å². The van der Waals surface area contributed by atoms with Crippen molar-refractivity contribution < 1.29 is 31.1 Å². The van der Waals surface area contributed by atoms with Gasteiger partial charge in [-0.2, -0.15) is 18.3 Å². The van der Waals surface area contributed by atoms with E-state index in [1.165, 1.54) is 32.4 Å². The highest BCUT2D eigenvalue weighted by Gasteiger charge is 2.33. The molecule has 2 aromatic heterocycles. The molecule has 0 saturated carbocycles. The van der Waals surface area contributed by atoms with E-state index in [0.29, 0.717) is 10.6 Å². The number of alkyl halides is 3. The van der Waals surface area contributed by atoms with Gasteiger partial charge < -0.3 is 9.47 Å². The molecule has 3 rings (SSSR count). The Bertz CT molecular complexity index is 1140. The molecule has 0 bridgehead atoms. The lowest BCUT2D eigenvalue weighted by Crippen LogP contribution is -2.13. The Hall–Kier alpha value is -2.73. The summed E-state index contributed by atoms with van der Waals surface area (Å²) in [5.41, 5.74) is -0.808. The van der Waals surface area contributed by atoms with Crippen LogP contribution in [0.5, 0.6) is 11.5 Å². The molecule has 12 heteroatoms. The Morgan fingerprint density at radius 1 is 1.14 bits per heavy atom. The van der Waals surface area contributed by atoms with Crippen molar-refractivity contribution in [1.82, 2.24) is 10.2 Å². The topological polar surface area (TPSA) is 93.3 Å². The van der Waals surface area contributed by atoms with E-state index in [1.54, 1.807) is 13.0 Å². The first kappa shape index (κ1) is 21.0. The number of nitrogens with zero attached hydrogens (tertiary/aromatic N) is 1. The molecule has 0 saturated heterocycles. The van der Waals surface area contributed by atoms with Crippen LogP contribution in [0.1, 0.15) is 10.6 Å². The zero-order valence-electron chi connectivity index (χ0n) is 15.4. The van der Waals surface area contributed by atoms with Gasteiger partial charge >= 0.3 is 6.18 Å². The highest BCUT2D eigenvalue weighted by Crippen LogP contribution is 2.37. The molecule has 0 aliphatic rings. The van der Waals surface area contributed by atoms with Crippen molar-refractivity contribution in [2.45, 2.75) is 18.0 Å². The zero-order chi connectivity index (χ0) is 21.4. The van der Waals surface area contributed by atoms with Gasteiger partial charge in [0.1, 0.15) is 27.8 Å². The Balaban J connectivity index is 1.94. The summed E-state index contributed by atoms with van der Waals surface area (Å²) >= 11 is 1.02. The molecular weight excluding hydrogens is 431 g/mol. The number of rotatable bonds is 6. The van der Waals surface area contributed by atoms with Crippen molar-refractivity contribution in [3.05, 3.63) is 40.9 Å². The lowest BCUT2D eigenvalue weighted by atomic mass is 10.3. The highest BCUT2D eigenvalue weighted by atomic mass is 32.2. The van der Waals surface area contributed by atoms with Gasteiger partial charge in [0.2, 0.25) is 0 Å². The maximum absolute atomic E-state index is 12.9. The number of aromatic nitrogens is 2. The van der Waals surface area contributed by atoms with E-state index in [-0.39, 0.29) is 26.9 Å². The maximum Gasteiger partial charge on any atom is 0.432 e. The number of H-pyrrole nitrogens is 1. The van der Waals surface area contributed by atoms with E-state index in [4.69, 9.17) is 9.47 Å². The van der Waals surface area contributed by atoms with Crippen molar-refractivity contribution in [3.63, 3.8) is 0 Å². The summed E-state index contributed by atoms with van der Waals surface area (Å²) in [5.74, 6) is 0.737. The van der Waals surface area contributed by atoms with E-state index in [2.05, 4.69) is 9.82 Å². The van der Waals surface area contributed by atoms with Gasteiger partial charge in [0, 0.05) is 10.9 Å². The molecule has 0 fully saturated rings. The minimum absolute atomic E-state index is 0.00824. The van der Waals surface area contributed by atoms with Crippen LogP contribution in [-0.2, 0) is 16.2 Å². The summed E-state index contributed by atoms with van der Waals surface area (Å²) in [5, 5.41) is 5.55. The van der Waals surface area contributed by atoms with Gasteiger partial charge in [0.15, 0.2) is 0 Å². The van der Waals surface area contributed by atoms with E-state index in [1.807, 2.05) is 5.10 Å². The third-order valence-electron chi connectivity index (χ3n) is 3.95. The molecule has 0 radical (unpaired) electrons. The lowest BCUT2D eigenvalue weighted by Gasteiger charge is -2.12. The Labute approximate surface area is 168 Å². The fourth-order valence-electron chi connectivity index (χ4n) is 2.53. The highest BCUT2D eigenvalue weighted by molar-refractivity contribution is 7.93. The first-order chi connectivity index (χ1) is 13.5. The van der Waals surface area contributed by atoms with E-state index in [9.17, 15) is 21.6 Å². The second kappa shape index (κ2) is 7.59. The molecule has 156 valence electrons. The molecule has 0 amide bonds. The fourth-order valence-corrected chi connectivity index (χ4v) is 5.16. The van der Waals surface area contributed by atoms with Crippen molar-refractivity contribution in [1.29, 1.82) is 0 Å². The quantitative estimate of drug-likeness (QED) is 0.588. The number of aryl methyl sites for hydroxylation is 1. The normalized spacial score (nSPS) is 12.1. The monoisotopic (exact) mass is 447 g/mol. The van der Waals surface area contributed by atoms with Gasteiger partial charge in [0.25, 0.3) is 10.0 Å². The molecule has 0 aliphatic heterocycles. The van der Waals surface area contributed by atoms with Gasteiger partial charge in [-0.15, -0.1) is 11.3 Å². The summed E-state index contributed by atoms with van der Waals surface area (Å²) < 4.78 is 76.7. The van der Waals surface area contributed by atoms with E-state index in [0.717, 1.165) is 17.4 Å². The molecular formula is C17H16F3N3O4S2. The van der Waals surface area contributed by atoms with Gasteiger partial charge in [-0.3, -0.25) is 9.82 Å². The molecule has 1 aromatic carbocycles. The lowest BCUT2D eigenvalue weighted by molar-refractivity contribution is -0.141. The summed E-state index contributed by atoms with van der Waals surface area (Å²) in [6, 6.07) is 6.69.